The lowest BCUT2D eigenvalue weighted by Gasteiger charge is -2.11. The minimum Gasteiger partial charge on any atom is -0.490 e. The maximum absolute atomic E-state index is 12.0. The van der Waals surface area contributed by atoms with Gasteiger partial charge in [0.15, 0.2) is 16.7 Å². The number of benzene rings is 1. The van der Waals surface area contributed by atoms with Crippen LogP contribution < -0.4 is 14.9 Å². The van der Waals surface area contributed by atoms with Crippen molar-refractivity contribution >= 4 is 23.9 Å². The van der Waals surface area contributed by atoms with Gasteiger partial charge in [-0.2, -0.15) is 5.10 Å². The Kier molecular flexibility index (Phi) is 8.48. The molecule has 0 aliphatic rings. The minimum atomic E-state index is -0.236. The lowest BCUT2D eigenvalue weighted by Crippen LogP contribution is -2.19. The molecule has 0 spiro atoms. The molecule has 1 amide bonds. The van der Waals surface area contributed by atoms with Gasteiger partial charge in [-0.1, -0.05) is 24.4 Å². The van der Waals surface area contributed by atoms with Crippen molar-refractivity contribution in [3.8, 4) is 11.5 Å². The highest BCUT2D eigenvalue weighted by molar-refractivity contribution is 7.99. The zero-order chi connectivity index (χ0) is 20.4. The van der Waals surface area contributed by atoms with Crippen molar-refractivity contribution in [1.29, 1.82) is 0 Å². The van der Waals surface area contributed by atoms with Crippen molar-refractivity contribution in [2.24, 2.45) is 5.10 Å². The molecule has 1 heterocycles. The van der Waals surface area contributed by atoms with Crippen molar-refractivity contribution in [2.45, 2.75) is 25.9 Å². The summed E-state index contributed by atoms with van der Waals surface area (Å²) in [5.74, 6) is 1.19. The van der Waals surface area contributed by atoms with Gasteiger partial charge in [0.1, 0.15) is 6.61 Å². The van der Waals surface area contributed by atoms with E-state index in [-0.39, 0.29) is 11.7 Å². The van der Waals surface area contributed by atoms with E-state index >= 15 is 0 Å². The maximum Gasteiger partial charge on any atom is 0.250 e. The van der Waals surface area contributed by atoms with Gasteiger partial charge in [0.2, 0.25) is 0 Å². The summed E-state index contributed by atoms with van der Waals surface area (Å²) in [4.78, 5) is 20.5. The smallest absolute Gasteiger partial charge is 0.250 e. The zero-order valence-electron chi connectivity index (χ0n) is 16.3. The van der Waals surface area contributed by atoms with E-state index in [2.05, 4.69) is 27.1 Å². The SMILES string of the molecule is C=CCOc1ccc(C=NNC(=O)CSc2nc(C)cc(C)n2)cc1OCC. The number of thioether (sulfide) groups is 1. The molecule has 0 aliphatic carbocycles. The topological polar surface area (TPSA) is 85.7 Å². The molecule has 1 aromatic heterocycles. The van der Waals surface area contributed by atoms with Crippen molar-refractivity contribution in [2.75, 3.05) is 19.0 Å². The zero-order valence-corrected chi connectivity index (χ0v) is 17.1. The van der Waals surface area contributed by atoms with Crippen LogP contribution in [0.15, 0.2) is 47.2 Å². The third kappa shape index (κ3) is 7.03. The molecule has 0 radical (unpaired) electrons. The standard InChI is InChI=1S/C20H24N4O3S/c1-5-9-27-17-8-7-16(11-18(17)26-6-2)12-21-24-19(25)13-28-20-22-14(3)10-15(4)23-20/h5,7-8,10-12H,1,6,9,13H2,2-4H3,(H,24,25). The van der Waals surface area contributed by atoms with Gasteiger partial charge in [-0.15, -0.1) is 0 Å². The third-order valence-corrected chi connectivity index (χ3v) is 4.17. The van der Waals surface area contributed by atoms with E-state index in [0.29, 0.717) is 29.9 Å². The summed E-state index contributed by atoms with van der Waals surface area (Å²) >= 11 is 1.27. The Balaban J connectivity index is 1.91. The van der Waals surface area contributed by atoms with E-state index in [0.717, 1.165) is 17.0 Å². The Hall–Kier alpha value is -2.87. The molecule has 2 rings (SSSR count). The fourth-order valence-corrected chi connectivity index (χ4v) is 2.98. The number of nitrogens with zero attached hydrogens (tertiary/aromatic N) is 3. The molecule has 148 valence electrons. The van der Waals surface area contributed by atoms with Gasteiger partial charge in [-0.3, -0.25) is 4.79 Å². The molecule has 1 N–H and O–H groups in total. The number of rotatable bonds is 10. The molecule has 8 heteroatoms. The number of aromatic nitrogens is 2. The second-order valence-corrected chi connectivity index (χ2v) is 6.70. The van der Waals surface area contributed by atoms with E-state index < -0.39 is 0 Å². The third-order valence-electron chi connectivity index (χ3n) is 3.32. The van der Waals surface area contributed by atoms with Gasteiger partial charge in [0.05, 0.1) is 18.6 Å². The van der Waals surface area contributed by atoms with E-state index in [1.807, 2.05) is 32.9 Å². The van der Waals surface area contributed by atoms with Crippen LogP contribution in [0.1, 0.15) is 23.9 Å². The van der Waals surface area contributed by atoms with Crippen molar-refractivity contribution in [1.82, 2.24) is 15.4 Å². The number of hydrogen-bond donors (Lipinski definition) is 1. The van der Waals surface area contributed by atoms with Gasteiger partial charge >= 0.3 is 0 Å². The van der Waals surface area contributed by atoms with Crippen LogP contribution in [0.4, 0.5) is 0 Å². The van der Waals surface area contributed by atoms with E-state index in [4.69, 9.17) is 9.47 Å². The maximum atomic E-state index is 12.0. The highest BCUT2D eigenvalue weighted by atomic mass is 32.2. The second kappa shape index (κ2) is 11.1. The molecule has 0 saturated heterocycles. The fraction of sp³-hybridized carbons (Fsp3) is 0.300. The molecule has 2 aromatic rings. The quantitative estimate of drug-likeness (QED) is 0.217. The van der Waals surface area contributed by atoms with Crippen LogP contribution in [0.25, 0.3) is 0 Å². The van der Waals surface area contributed by atoms with Crippen LogP contribution in [0, 0.1) is 13.8 Å². The minimum absolute atomic E-state index is 0.179. The lowest BCUT2D eigenvalue weighted by molar-refractivity contribution is -0.118. The number of nitrogens with one attached hydrogen (secondary N) is 1. The molecule has 0 bridgehead atoms. The summed E-state index contributed by atoms with van der Waals surface area (Å²) in [5.41, 5.74) is 5.03. The van der Waals surface area contributed by atoms with Crippen LogP contribution in [0.3, 0.4) is 0 Å². The number of ether oxygens (including phenoxy) is 2. The van der Waals surface area contributed by atoms with Gasteiger partial charge in [-0.05, 0) is 50.6 Å². The van der Waals surface area contributed by atoms with Crippen LogP contribution in [0.2, 0.25) is 0 Å². The predicted octanol–water partition coefficient (Wildman–Crippen LogP) is 3.30. The first-order chi connectivity index (χ1) is 13.5. The number of hydrogen-bond acceptors (Lipinski definition) is 7. The summed E-state index contributed by atoms with van der Waals surface area (Å²) < 4.78 is 11.1. The largest absolute Gasteiger partial charge is 0.490 e. The Bertz CT molecular complexity index is 835. The summed E-state index contributed by atoms with van der Waals surface area (Å²) in [6.45, 7) is 10.2. The Morgan fingerprint density at radius 3 is 2.64 bits per heavy atom. The molecular formula is C20H24N4O3S. The molecule has 0 unspecified atom stereocenters. The highest BCUT2D eigenvalue weighted by Gasteiger charge is 2.07. The Morgan fingerprint density at radius 2 is 1.96 bits per heavy atom. The summed E-state index contributed by atoms with van der Waals surface area (Å²) in [5, 5.41) is 4.57. The van der Waals surface area contributed by atoms with Gasteiger partial charge in [0, 0.05) is 11.4 Å². The van der Waals surface area contributed by atoms with Crippen LogP contribution in [-0.4, -0.2) is 41.1 Å². The highest BCUT2D eigenvalue weighted by Crippen LogP contribution is 2.28. The van der Waals surface area contributed by atoms with E-state index in [1.54, 1.807) is 24.4 Å². The van der Waals surface area contributed by atoms with E-state index in [9.17, 15) is 4.79 Å². The van der Waals surface area contributed by atoms with Crippen molar-refractivity contribution in [3.05, 3.63) is 53.9 Å². The van der Waals surface area contributed by atoms with Crippen LogP contribution >= 0.6 is 11.8 Å². The molecular weight excluding hydrogens is 376 g/mol. The number of amides is 1. The molecule has 0 saturated carbocycles. The molecule has 1 aromatic carbocycles. The van der Waals surface area contributed by atoms with Crippen molar-refractivity contribution < 1.29 is 14.3 Å². The van der Waals surface area contributed by atoms with Crippen LogP contribution in [-0.2, 0) is 4.79 Å². The normalized spacial score (nSPS) is 10.7. The fourth-order valence-electron chi connectivity index (χ4n) is 2.24. The first-order valence-electron chi connectivity index (χ1n) is 8.79. The lowest BCUT2D eigenvalue weighted by atomic mass is 10.2. The molecule has 0 atom stereocenters. The first kappa shape index (κ1) is 21.4. The predicted molar refractivity (Wildman–Crippen MR) is 111 cm³/mol. The van der Waals surface area contributed by atoms with Gasteiger partial charge < -0.3 is 9.47 Å². The van der Waals surface area contributed by atoms with Gasteiger partial charge in [0.25, 0.3) is 5.91 Å². The number of carbonyl (C=O) groups excluding carboxylic acids is 1. The number of aryl methyl sites for hydroxylation is 2. The number of hydrazone groups is 1. The monoisotopic (exact) mass is 400 g/mol. The van der Waals surface area contributed by atoms with Crippen LogP contribution in [0.5, 0.6) is 11.5 Å². The molecule has 0 fully saturated rings. The first-order valence-corrected chi connectivity index (χ1v) is 9.78. The Morgan fingerprint density at radius 1 is 1.21 bits per heavy atom. The Labute approximate surface area is 169 Å². The van der Waals surface area contributed by atoms with Gasteiger partial charge in [-0.25, -0.2) is 15.4 Å². The average Bonchev–Trinajstić information content (AvgIpc) is 2.65. The molecule has 7 nitrogen and oxygen atoms in total. The van der Waals surface area contributed by atoms with Crippen molar-refractivity contribution in [3.63, 3.8) is 0 Å². The second-order valence-electron chi connectivity index (χ2n) is 5.75. The number of carbonyl (C=O) groups is 1. The summed E-state index contributed by atoms with van der Waals surface area (Å²) in [7, 11) is 0. The average molecular weight is 401 g/mol. The molecule has 0 aliphatic heterocycles. The van der Waals surface area contributed by atoms with E-state index in [1.165, 1.54) is 11.8 Å². The summed E-state index contributed by atoms with van der Waals surface area (Å²) in [6, 6.07) is 7.31. The molecule has 28 heavy (non-hydrogen) atoms. The summed E-state index contributed by atoms with van der Waals surface area (Å²) in [6.07, 6.45) is 3.22.